The van der Waals surface area contributed by atoms with Crippen molar-refractivity contribution in [3.05, 3.63) is 29.3 Å². The third kappa shape index (κ3) is 4.49. The maximum atomic E-state index is 12.5. The fourth-order valence-electron chi connectivity index (χ4n) is 1.61. The first-order valence-electron chi connectivity index (χ1n) is 6.87. The Morgan fingerprint density at radius 3 is 2.43 bits per heavy atom. The molecular weight excluding hydrogens is 304 g/mol. The number of thiocarbonyl (C=S) groups is 1. The number of sulfonamides is 1. The van der Waals surface area contributed by atoms with Crippen LogP contribution in [0.3, 0.4) is 0 Å². The second kappa shape index (κ2) is 6.42. The van der Waals surface area contributed by atoms with E-state index in [2.05, 4.69) is 18.6 Å². The summed E-state index contributed by atoms with van der Waals surface area (Å²) >= 11 is 4.91. The van der Waals surface area contributed by atoms with Crippen LogP contribution in [0, 0.1) is 18.3 Å². The molecule has 1 rings (SSSR count). The summed E-state index contributed by atoms with van der Waals surface area (Å²) in [5.74, 6) is 0.365. The molecule has 3 N–H and O–H groups in total. The normalized spacial score (nSPS) is 12.7. The molecule has 1 aromatic carbocycles. The van der Waals surface area contributed by atoms with Crippen LogP contribution in [-0.4, -0.2) is 20.0 Å². The molecule has 0 radical (unpaired) electrons. The van der Waals surface area contributed by atoms with Crippen molar-refractivity contribution in [2.24, 2.45) is 17.1 Å². The lowest BCUT2D eigenvalue weighted by Crippen LogP contribution is -2.37. The first kappa shape index (κ1) is 18.1. The van der Waals surface area contributed by atoms with E-state index < -0.39 is 10.0 Å². The highest BCUT2D eigenvalue weighted by Gasteiger charge is 2.26. The van der Waals surface area contributed by atoms with Crippen molar-refractivity contribution in [1.82, 2.24) is 4.72 Å². The first-order valence-corrected chi connectivity index (χ1v) is 8.76. The Bertz CT molecular complexity index is 635. The fraction of sp³-hybridized carbons (Fsp3) is 0.533. The Balaban J connectivity index is 3.09. The van der Waals surface area contributed by atoms with E-state index in [9.17, 15) is 8.42 Å². The molecule has 4 nitrogen and oxygen atoms in total. The van der Waals surface area contributed by atoms with Gasteiger partial charge in [-0.25, -0.2) is 13.1 Å². The molecule has 0 aliphatic rings. The fourth-order valence-corrected chi connectivity index (χ4v) is 3.22. The minimum Gasteiger partial charge on any atom is -0.389 e. The Labute approximate surface area is 133 Å². The maximum Gasteiger partial charge on any atom is 0.240 e. The molecule has 0 aromatic heterocycles. The van der Waals surface area contributed by atoms with Crippen LogP contribution >= 0.6 is 12.2 Å². The summed E-state index contributed by atoms with van der Waals surface area (Å²) < 4.78 is 27.7. The summed E-state index contributed by atoms with van der Waals surface area (Å²) in [4.78, 5) is 0.418. The van der Waals surface area contributed by atoms with Gasteiger partial charge in [0.05, 0.1) is 4.90 Å². The quantitative estimate of drug-likeness (QED) is 0.787. The van der Waals surface area contributed by atoms with Gasteiger partial charge in [0, 0.05) is 12.1 Å². The van der Waals surface area contributed by atoms with Gasteiger partial charge in [0.1, 0.15) is 4.99 Å². The summed E-state index contributed by atoms with van der Waals surface area (Å²) in [6.07, 6.45) is 0. The van der Waals surface area contributed by atoms with Crippen LogP contribution in [0.25, 0.3) is 0 Å². The lowest BCUT2D eigenvalue weighted by Gasteiger charge is -2.29. The van der Waals surface area contributed by atoms with Crippen LogP contribution < -0.4 is 10.5 Å². The largest absolute Gasteiger partial charge is 0.389 e. The van der Waals surface area contributed by atoms with Crippen molar-refractivity contribution in [2.45, 2.75) is 39.5 Å². The lowest BCUT2D eigenvalue weighted by molar-refractivity contribution is 0.252. The minimum atomic E-state index is -3.58. The van der Waals surface area contributed by atoms with Crippen molar-refractivity contribution >= 4 is 27.2 Å². The van der Waals surface area contributed by atoms with Crippen LogP contribution in [0.2, 0.25) is 0 Å². The molecule has 0 bridgehead atoms. The van der Waals surface area contributed by atoms with Gasteiger partial charge in [-0.3, -0.25) is 0 Å². The smallest absolute Gasteiger partial charge is 0.240 e. The highest BCUT2D eigenvalue weighted by Crippen LogP contribution is 2.26. The summed E-state index contributed by atoms with van der Waals surface area (Å²) in [6, 6.07) is 4.98. The van der Waals surface area contributed by atoms with Crippen molar-refractivity contribution in [2.75, 3.05) is 6.54 Å². The number of nitrogens with two attached hydrogens (primary N) is 1. The molecule has 0 amide bonds. The average molecular weight is 329 g/mol. The van der Waals surface area contributed by atoms with E-state index in [0.717, 1.165) is 0 Å². The third-order valence-electron chi connectivity index (χ3n) is 4.04. The van der Waals surface area contributed by atoms with Gasteiger partial charge in [-0.15, -0.1) is 0 Å². The zero-order chi connectivity index (χ0) is 16.4. The van der Waals surface area contributed by atoms with E-state index in [-0.39, 0.29) is 15.3 Å². The summed E-state index contributed by atoms with van der Waals surface area (Å²) in [7, 11) is -3.58. The molecule has 0 aliphatic carbocycles. The number of aryl methyl sites for hydroxylation is 1. The van der Waals surface area contributed by atoms with Gasteiger partial charge in [-0.1, -0.05) is 52.0 Å². The zero-order valence-corrected chi connectivity index (χ0v) is 14.9. The van der Waals surface area contributed by atoms with E-state index in [0.29, 0.717) is 23.6 Å². The highest BCUT2D eigenvalue weighted by molar-refractivity contribution is 7.89. The molecule has 0 atom stereocenters. The molecule has 0 fully saturated rings. The number of rotatable bonds is 6. The summed E-state index contributed by atoms with van der Waals surface area (Å²) in [5, 5.41) is 0. The number of nitrogens with one attached hydrogen (secondary N) is 1. The van der Waals surface area contributed by atoms with Gasteiger partial charge < -0.3 is 5.73 Å². The standard InChI is InChI=1S/C15H24N2O2S2/c1-10(2)15(4,5)9-17-21(18,19)13-8-12(14(16)20)7-6-11(13)3/h6-8,10,17H,9H2,1-5H3,(H2,16,20). The van der Waals surface area contributed by atoms with Crippen LogP contribution in [-0.2, 0) is 10.0 Å². The second-order valence-electron chi connectivity index (χ2n) is 6.31. The molecule has 0 saturated carbocycles. The van der Waals surface area contributed by atoms with Crippen LogP contribution in [0.1, 0.15) is 38.8 Å². The number of hydrogen-bond acceptors (Lipinski definition) is 3. The second-order valence-corrected chi connectivity index (χ2v) is 8.49. The molecule has 6 heteroatoms. The Morgan fingerprint density at radius 2 is 1.95 bits per heavy atom. The van der Waals surface area contributed by atoms with Crippen molar-refractivity contribution in [3.63, 3.8) is 0 Å². The summed E-state index contributed by atoms with van der Waals surface area (Å²) in [5.41, 5.74) is 6.68. The molecule has 21 heavy (non-hydrogen) atoms. The van der Waals surface area contributed by atoms with Crippen molar-refractivity contribution < 1.29 is 8.42 Å². The SMILES string of the molecule is Cc1ccc(C(N)=S)cc1S(=O)(=O)NCC(C)(C)C(C)C. The lowest BCUT2D eigenvalue weighted by atomic mass is 9.81. The van der Waals surface area contributed by atoms with Crippen molar-refractivity contribution in [1.29, 1.82) is 0 Å². The van der Waals surface area contributed by atoms with Gasteiger partial charge in [0.2, 0.25) is 10.0 Å². The van der Waals surface area contributed by atoms with Crippen LogP contribution in [0.15, 0.2) is 23.1 Å². The van der Waals surface area contributed by atoms with Crippen molar-refractivity contribution in [3.8, 4) is 0 Å². The molecule has 0 heterocycles. The van der Waals surface area contributed by atoms with Gasteiger partial charge >= 0.3 is 0 Å². The molecule has 0 saturated heterocycles. The Hall–Kier alpha value is -0.980. The highest BCUT2D eigenvalue weighted by atomic mass is 32.2. The molecule has 1 aromatic rings. The van der Waals surface area contributed by atoms with Gasteiger partial charge in [-0.05, 0) is 29.9 Å². The monoisotopic (exact) mass is 328 g/mol. The van der Waals surface area contributed by atoms with Crippen LogP contribution in [0.5, 0.6) is 0 Å². The zero-order valence-electron chi connectivity index (χ0n) is 13.2. The maximum absolute atomic E-state index is 12.5. The molecule has 118 valence electrons. The van der Waals surface area contributed by atoms with E-state index in [1.165, 1.54) is 6.07 Å². The van der Waals surface area contributed by atoms with E-state index in [4.69, 9.17) is 18.0 Å². The minimum absolute atomic E-state index is 0.123. The van der Waals surface area contributed by atoms with E-state index in [1.807, 2.05) is 13.8 Å². The topological polar surface area (TPSA) is 72.2 Å². The number of benzene rings is 1. The predicted molar refractivity (Wildman–Crippen MR) is 90.9 cm³/mol. The average Bonchev–Trinajstić information content (AvgIpc) is 2.36. The Kier molecular flexibility index (Phi) is 5.52. The molecule has 0 aliphatic heterocycles. The van der Waals surface area contributed by atoms with Gasteiger partial charge in [0.25, 0.3) is 0 Å². The number of hydrogen-bond donors (Lipinski definition) is 2. The first-order chi connectivity index (χ1) is 9.47. The molecule has 0 unspecified atom stereocenters. The molecule has 0 spiro atoms. The molecular formula is C15H24N2O2S2. The Morgan fingerprint density at radius 1 is 1.38 bits per heavy atom. The van der Waals surface area contributed by atoms with E-state index in [1.54, 1.807) is 19.1 Å². The van der Waals surface area contributed by atoms with E-state index >= 15 is 0 Å². The van der Waals surface area contributed by atoms with Crippen LogP contribution in [0.4, 0.5) is 0 Å². The van der Waals surface area contributed by atoms with Gasteiger partial charge in [0.15, 0.2) is 0 Å². The predicted octanol–water partition coefficient (Wildman–Crippen LogP) is 2.59. The summed E-state index contributed by atoms with van der Waals surface area (Å²) in [6.45, 7) is 10.4. The third-order valence-corrected chi connectivity index (χ3v) is 5.82. The van der Waals surface area contributed by atoms with Gasteiger partial charge in [-0.2, -0.15) is 0 Å².